The van der Waals surface area contributed by atoms with Gasteiger partial charge in [-0.15, -0.1) is 0 Å². The smallest absolute Gasteiger partial charge is 0.322 e. The third-order valence-corrected chi connectivity index (χ3v) is 7.39. The number of nitrogens with zero attached hydrogens (tertiary/aromatic N) is 4. The van der Waals surface area contributed by atoms with Crippen LogP contribution in [0.4, 0.5) is 10.5 Å². The van der Waals surface area contributed by atoms with Crippen molar-refractivity contribution in [1.29, 1.82) is 0 Å². The maximum atomic E-state index is 14.1. The standard InChI is InChI=1S/C32H31N5O2/c1-4-23-12-14-24(15-13-23)30-29-11-8-20-35(29)31-28(22(2)34-37(31)26-9-6-5-7-10-26)21-36(30)32(38)33-25-16-18-27(39-3)19-17-25/h5-20,30H,4,21H2,1-3H3,(H,33,38)/t30-/m0/s1. The lowest BCUT2D eigenvalue weighted by Gasteiger charge is -2.31. The molecule has 1 aliphatic rings. The number of aryl methyl sites for hydroxylation is 2. The van der Waals surface area contributed by atoms with Crippen molar-refractivity contribution >= 4 is 11.7 Å². The lowest BCUT2D eigenvalue weighted by molar-refractivity contribution is 0.194. The van der Waals surface area contributed by atoms with Crippen LogP contribution in [0.15, 0.2) is 97.2 Å². The van der Waals surface area contributed by atoms with Crippen molar-refractivity contribution in [3.05, 3.63) is 125 Å². The summed E-state index contributed by atoms with van der Waals surface area (Å²) in [5.41, 5.74) is 6.89. The Labute approximate surface area is 228 Å². The Hall–Kier alpha value is -4.78. The number of methoxy groups -OCH3 is 1. The molecule has 0 unspecified atom stereocenters. The fraction of sp³-hybridized carbons (Fsp3) is 0.188. The van der Waals surface area contributed by atoms with Crippen molar-refractivity contribution in [1.82, 2.24) is 19.2 Å². The summed E-state index contributed by atoms with van der Waals surface area (Å²) in [4.78, 5) is 16.0. The van der Waals surface area contributed by atoms with Gasteiger partial charge >= 0.3 is 6.03 Å². The zero-order valence-corrected chi connectivity index (χ0v) is 22.3. The number of carbonyl (C=O) groups is 1. The number of ether oxygens (including phenoxy) is 1. The molecular weight excluding hydrogens is 486 g/mol. The molecule has 0 saturated heterocycles. The number of nitrogens with one attached hydrogen (secondary N) is 1. The summed E-state index contributed by atoms with van der Waals surface area (Å²) in [6, 6.07) is 29.7. The maximum Gasteiger partial charge on any atom is 0.322 e. The number of urea groups is 1. The number of para-hydroxylation sites is 1. The van der Waals surface area contributed by atoms with Crippen LogP contribution in [-0.4, -0.2) is 32.4 Å². The van der Waals surface area contributed by atoms with Crippen LogP contribution < -0.4 is 10.1 Å². The van der Waals surface area contributed by atoms with Gasteiger partial charge in [0.05, 0.1) is 36.8 Å². The fourth-order valence-corrected chi connectivity index (χ4v) is 5.31. The van der Waals surface area contributed by atoms with Crippen LogP contribution in [0.2, 0.25) is 0 Å². The van der Waals surface area contributed by atoms with Crippen LogP contribution in [0.25, 0.3) is 11.5 Å². The highest BCUT2D eigenvalue weighted by Crippen LogP contribution is 2.39. The SMILES string of the molecule is CCc1ccc([C@H]2c3cccn3-c3c(c(C)nn3-c3ccccc3)CN2C(=O)Nc2ccc(OC)cc2)cc1. The molecule has 0 spiro atoms. The van der Waals surface area contributed by atoms with Crippen LogP contribution in [-0.2, 0) is 13.0 Å². The van der Waals surface area contributed by atoms with E-state index in [1.807, 2.05) is 65.0 Å². The normalized spacial score (nSPS) is 14.3. The van der Waals surface area contributed by atoms with Gasteiger partial charge in [-0.3, -0.25) is 0 Å². The van der Waals surface area contributed by atoms with Gasteiger partial charge < -0.3 is 19.5 Å². The molecule has 1 aliphatic heterocycles. The predicted molar refractivity (Wildman–Crippen MR) is 153 cm³/mol. The van der Waals surface area contributed by atoms with E-state index in [1.165, 1.54) is 5.56 Å². The average molecular weight is 518 g/mol. The Morgan fingerprint density at radius 2 is 1.72 bits per heavy atom. The van der Waals surface area contributed by atoms with Crippen molar-refractivity contribution in [2.24, 2.45) is 0 Å². The molecular formula is C32H31N5O2. The van der Waals surface area contributed by atoms with E-state index in [-0.39, 0.29) is 12.1 Å². The fourth-order valence-electron chi connectivity index (χ4n) is 5.31. The Balaban J connectivity index is 1.50. The highest BCUT2D eigenvalue weighted by molar-refractivity contribution is 5.90. The summed E-state index contributed by atoms with van der Waals surface area (Å²) in [7, 11) is 1.63. The van der Waals surface area contributed by atoms with Crippen molar-refractivity contribution in [2.75, 3.05) is 12.4 Å². The third-order valence-electron chi connectivity index (χ3n) is 7.39. The van der Waals surface area contributed by atoms with Gasteiger partial charge in [0, 0.05) is 17.4 Å². The Morgan fingerprint density at radius 1 is 0.974 bits per heavy atom. The monoisotopic (exact) mass is 517 g/mol. The summed E-state index contributed by atoms with van der Waals surface area (Å²) in [5, 5.41) is 8.04. The topological polar surface area (TPSA) is 64.3 Å². The van der Waals surface area contributed by atoms with Crippen LogP contribution in [0.5, 0.6) is 5.75 Å². The molecule has 2 amide bonds. The van der Waals surface area contributed by atoms with Crippen molar-refractivity contribution < 1.29 is 9.53 Å². The van der Waals surface area contributed by atoms with Gasteiger partial charge in [-0.05, 0) is 73.0 Å². The van der Waals surface area contributed by atoms with Gasteiger partial charge in [0.15, 0.2) is 0 Å². The van der Waals surface area contributed by atoms with Crippen LogP contribution in [0.3, 0.4) is 0 Å². The summed E-state index contributed by atoms with van der Waals surface area (Å²) in [5.74, 6) is 1.69. The number of benzene rings is 3. The van der Waals surface area contributed by atoms with Crippen LogP contribution in [0.1, 0.15) is 41.0 Å². The summed E-state index contributed by atoms with van der Waals surface area (Å²) >= 11 is 0. The van der Waals surface area contributed by atoms with Gasteiger partial charge in [0.2, 0.25) is 0 Å². The van der Waals surface area contributed by atoms with E-state index in [1.54, 1.807) is 7.11 Å². The molecule has 0 bridgehead atoms. The number of carbonyl (C=O) groups excluding carboxylic acids is 1. The van der Waals surface area contributed by atoms with Gasteiger partial charge in [-0.25, -0.2) is 9.48 Å². The number of hydrogen-bond acceptors (Lipinski definition) is 3. The number of anilines is 1. The van der Waals surface area contributed by atoms with Crippen molar-refractivity contribution in [3.8, 4) is 17.3 Å². The first-order valence-electron chi connectivity index (χ1n) is 13.2. The minimum absolute atomic E-state index is 0.183. The Kier molecular flexibility index (Phi) is 6.40. The molecule has 196 valence electrons. The van der Waals surface area contributed by atoms with Crippen LogP contribution >= 0.6 is 0 Å². The predicted octanol–water partition coefficient (Wildman–Crippen LogP) is 6.68. The van der Waals surface area contributed by atoms with Gasteiger partial charge in [-0.2, -0.15) is 5.10 Å². The number of hydrogen-bond donors (Lipinski definition) is 1. The minimum Gasteiger partial charge on any atom is -0.497 e. The minimum atomic E-state index is -0.305. The van der Waals surface area contributed by atoms with Gasteiger partial charge in [0.25, 0.3) is 0 Å². The largest absolute Gasteiger partial charge is 0.497 e. The molecule has 0 fully saturated rings. The average Bonchev–Trinajstić information content (AvgIpc) is 3.54. The molecule has 1 N–H and O–H groups in total. The summed E-state index contributed by atoms with van der Waals surface area (Å²) in [6.45, 7) is 4.56. The maximum absolute atomic E-state index is 14.1. The lowest BCUT2D eigenvalue weighted by Crippen LogP contribution is -2.38. The molecule has 7 heteroatoms. The Bertz CT molecular complexity index is 1600. The molecule has 39 heavy (non-hydrogen) atoms. The zero-order chi connectivity index (χ0) is 26.9. The molecule has 7 nitrogen and oxygen atoms in total. The number of rotatable bonds is 5. The molecule has 2 aromatic heterocycles. The lowest BCUT2D eigenvalue weighted by atomic mass is 9.99. The highest BCUT2D eigenvalue weighted by atomic mass is 16.5. The molecule has 5 aromatic rings. The van der Waals surface area contributed by atoms with E-state index < -0.39 is 0 Å². The van der Waals surface area contributed by atoms with Gasteiger partial charge in [0.1, 0.15) is 11.6 Å². The van der Waals surface area contributed by atoms with E-state index in [9.17, 15) is 4.79 Å². The second-order valence-corrected chi connectivity index (χ2v) is 9.72. The third kappa shape index (κ3) is 4.46. The number of aromatic nitrogens is 3. The van der Waals surface area contributed by atoms with E-state index in [0.29, 0.717) is 12.2 Å². The summed E-state index contributed by atoms with van der Waals surface area (Å²) in [6.07, 6.45) is 3.02. The molecule has 0 saturated carbocycles. The first kappa shape index (κ1) is 24.6. The van der Waals surface area contributed by atoms with Crippen LogP contribution in [0, 0.1) is 6.92 Å². The quantitative estimate of drug-likeness (QED) is 0.283. The van der Waals surface area contributed by atoms with Crippen molar-refractivity contribution in [2.45, 2.75) is 32.9 Å². The molecule has 3 heterocycles. The van der Waals surface area contributed by atoms with Crippen molar-refractivity contribution in [3.63, 3.8) is 0 Å². The number of fused-ring (bicyclic) bond motifs is 3. The second kappa shape index (κ2) is 10.2. The second-order valence-electron chi connectivity index (χ2n) is 9.72. The first-order chi connectivity index (χ1) is 19.1. The molecule has 0 radical (unpaired) electrons. The Morgan fingerprint density at radius 3 is 2.41 bits per heavy atom. The van der Waals surface area contributed by atoms with E-state index in [0.717, 1.165) is 46.2 Å². The highest BCUT2D eigenvalue weighted by Gasteiger charge is 2.36. The van der Waals surface area contributed by atoms with Gasteiger partial charge in [-0.1, -0.05) is 49.4 Å². The molecule has 6 rings (SSSR count). The zero-order valence-electron chi connectivity index (χ0n) is 22.3. The first-order valence-corrected chi connectivity index (χ1v) is 13.2. The van der Waals surface area contributed by atoms with E-state index >= 15 is 0 Å². The van der Waals surface area contributed by atoms with E-state index in [2.05, 4.69) is 65.5 Å². The number of amides is 2. The molecule has 0 aliphatic carbocycles. The summed E-state index contributed by atoms with van der Waals surface area (Å²) < 4.78 is 9.45. The molecule has 3 aromatic carbocycles. The van der Waals surface area contributed by atoms with E-state index in [4.69, 9.17) is 9.84 Å². The molecule has 1 atom stereocenters.